The second-order valence-electron chi connectivity index (χ2n) is 8.62. The van der Waals surface area contributed by atoms with Crippen molar-refractivity contribution in [2.24, 2.45) is 0 Å². The van der Waals surface area contributed by atoms with Crippen LogP contribution in [-0.4, -0.2) is 64.5 Å². The van der Waals surface area contributed by atoms with Gasteiger partial charge in [-0.15, -0.1) is 0 Å². The molecular formula is C25H32N6O3. The van der Waals surface area contributed by atoms with Crippen LogP contribution >= 0.6 is 0 Å². The first-order chi connectivity index (χ1) is 16.4. The lowest BCUT2D eigenvalue weighted by atomic mass is 10.0. The van der Waals surface area contributed by atoms with Gasteiger partial charge in [0.15, 0.2) is 0 Å². The van der Waals surface area contributed by atoms with Crippen LogP contribution in [0.3, 0.4) is 0 Å². The first kappa shape index (κ1) is 23.7. The first-order valence-corrected chi connectivity index (χ1v) is 11.7. The summed E-state index contributed by atoms with van der Waals surface area (Å²) in [5, 5.41) is 3.34. The van der Waals surface area contributed by atoms with Crippen molar-refractivity contribution < 1.29 is 14.3 Å². The largest absolute Gasteiger partial charge is 0.444 e. The molecule has 0 radical (unpaired) electrons. The van der Waals surface area contributed by atoms with Gasteiger partial charge in [0.05, 0.1) is 11.6 Å². The highest BCUT2D eigenvalue weighted by Gasteiger charge is 2.27. The Bertz CT molecular complexity index is 1050. The van der Waals surface area contributed by atoms with Crippen LogP contribution in [0, 0.1) is 0 Å². The van der Waals surface area contributed by atoms with E-state index in [0.717, 1.165) is 37.3 Å². The van der Waals surface area contributed by atoms with E-state index >= 15 is 0 Å². The fourth-order valence-electron chi connectivity index (χ4n) is 4.40. The zero-order chi connectivity index (χ0) is 24.2. The fourth-order valence-corrected chi connectivity index (χ4v) is 4.40. The number of fused-ring (bicyclic) bond motifs is 1. The number of hydrogen-bond acceptors (Lipinski definition) is 7. The molecule has 1 aromatic heterocycles. The lowest BCUT2D eigenvalue weighted by molar-refractivity contribution is -0.128. The van der Waals surface area contributed by atoms with Gasteiger partial charge in [-0.1, -0.05) is 30.8 Å². The van der Waals surface area contributed by atoms with Gasteiger partial charge in [-0.05, 0) is 38.0 Å². The van der Waals surface area contributed by atoms with Gasteiger partial charge in [0.2, 0.25) is 11.9 Å². The molecule has 9 nitrogen and oxygen atoms in total. The Balaban J connectivity index is 1.39. The van der Waals surface area contributed by atoms with Gasteiger partial charge in [0.25, 0.3) is 0 Å². The maximum absolute atomic E-state index is 12.0. The molecule has 2 amide bonds. The van der Waals surface area contributed by atoms with E-state index in [1.807, 2.05) is 11.8 Å². The predicted molar refractivity (Wildman–Crippen MR) is 130 cm³/mol. The average Bonchev–Trinajstić information content (AvgIpc) is 2.88. The van der Waals surface area contributed by atoms with Crippen LogP contribution in [0.2, 0.25) is 0 Å². The second kappa shape index (κ2) is 10.2. The van der Waals surface area contributed by atoms with Crippen molar-refractivity contribution in [1.29, 1.82) is 0 Å². The molecule has 1 unspecified atom stereocenters. The third-order valence-corrected chi connectivity index (χ3v) is 6.60. The van der Waals surface area contributed by atoms with E-state index in [2.05, 4.69) is 64.9 Å². The Morgan fingerprint density at radius 2 is 1.85 bits per heavy atom. The summed E-state index contributed by atoms with van der Waals surface area (Å²) < 4.78 is 5.16. The quantitative estimate of drug-likeness (QED) is 0.627. The standard InChI is InChI=1S/C25H32N6O3/c1-5-22(32)30-13-11-29(12-14-30)18(4)20-9-7-19(8-10-20)17(3)27-24-26-15-21-16-34-25(33)31(6-2)23(21)28-24/h5,7-10,15,17-18H,1,6,11-14,16H2,2-4H3,(H,26,27,28)/t17-,18?/m0/s1. The van der Waals surface area contributed by atoms with Crippen molar-refractivity contribution >= 4 is 23.8 Å². The Morgan fingerprint density at radius 1 is 1.18 bits per heavy atom. The molecule has 1 N–H and O–H groups in total. The summed E-state index contributed by atoms with van der Waals surface area (Å²) in [4.78, 5) is 38.5. The molecule has 34 heavy (non-hydrogen) atoms. The number of amides is 2. The molecule has 0 aliphatic carbocycles. The predicted octanol–water partition coefficient (Wildman–Crippen LogP) is 3.52. The van der Waals surface area contributed by atoms with Gasteiger partial charge in [-0.3, -0.25) is 14.6 Å². The van der Waals surface area contributed by atoms with Crippen LogP contribution in [0.1, 0.15) is 49.5 Å². The van der Waals surface area contributed by atoms with Crippen LogP contribution in [0.25, 0.3) is 0 Å². The average molecular weight is 465 g/mol. The van der Waals surface area contributed by atoms with Crippen LogP contribution in [-0.2, 0) is 16.1 Å². The SMILES string of the molecule is C=CC(=O)N1CCN(C(C)c2ccc([C@H](C)Nc3ncc4c(n3)N(CC)C(=O)OC4)cc2)CC1. The summed E-state index contributed by atoms with van der Waals surface area (Å²) >= 11 is 0. The molecule has 1 fully saturated rings. The number of aromatic nitrogens is 2. The second-order valence-corrected chi connectivity index (χ2v) is 8.62. The highest BCUT2D eigenvalue weighted by atomic mass is 16.6. The van der Waals surface area contributed by atoms with Gasteiger partial charge < -0.3 is 15.0 Å². The number of carbonyl (C=O) groups excluding carboxylic acids is 2. The van der Waals surface area contributed by atoms with Crippen molar-refractivity contribution in [3.05, 3.63) is 59.8 Å². The number of piperazine rings is 1. The van der Waals surface area contributed by atoms with Gasteiger partial charge in [0, 0.05) is 45.0 Å². The summed E-state index contributed by atoms with van der Waals surface area (Å²) in [7, 11) is 0. The van der Waals surface area contributed by atoms with E-state index < -0.39 is 0 Å². The molecule has 9 heteroatoms. The number of nitrogens with zero attached hydrogens (tertiary/aromatic N) is 5. The van der Waals surface area contributed by atoms with Gasteiger partial charge in [-0.2, -0.15) is 4.98 Å². The normalized spacial score (nSPS) is 18.0. The third kappa shape index (κ3) is 4.89. The molecule has 2 aliphatic rings. The molecule has 2 atom stereocenters. The number of carbonyl (C=O) groups is 2. The van der Waals surface area contributed by atoms with E-state index in [4.69, 9.17) is 4.74 Å². The number of nitrogens with one attached hydrogen (secondary N) is 1. The van der Waals surface area contributed by atoms with Gasteiger partial charge in [-0.25, -0.2) is 9.78 Å². The maximum Gasteiger partial charge on any atom is 0.415 e. The lowest BCUT2D eigenvalue weighted by Gasteiger charge is -2.38. The minimum Gasteiger partial charge on any atom is -0.444 e. The minimum absolute atomic E-state index is 0.00313. The van der Waals surface area contributed by atoms with E-state index in [1.54, 1.807) is 6.20 Å². The molecule has 4 rings (SSSR count). The van der Waals surface area contributed by atoms with Crippen molar-refractivity contribution in [3.63, 3.8) is 0 Å². The number of cyclic esters (lactones) is 1. The minimum atomic E-state index is -0.383. The number of hydrogen-bond donors (Lipinski definition) is 1. The van der Waals surface area contributed by atoms with Gasteiger partial charge >= 0.3 is 6.09 Å². The molecular weight excluding hydrogens is 432 g/mol. The molecule has 0 saturated carbocycles. The Morgan fingerprint density at radius 3 is 2.50 bits per heavy atom. The Kier molecular flexibility index (Phi) is 7.12. The molecule has 180 valence electrons. The molecule has 3 heterocycles. The van der Waals surface area contributed by atoms with E-state index in [-0.39, 0.29) is 30.7 Å². The topological polar surface area (TPSA) is 90.9 Å². The highest BCUT2D eigenvalue weighted by molar-refractivity contribution is 5.89. The zero-order valence-corrected chi connectivity index (χ0v) is 20.0. The summed E-state index contributed by atoms with van der Waals surface area (Å²) in [5.74, 6) is 1.08. The van der Waals surface area contributed by atoms with Crippen molar-refractivity contribution in [3.8, 4) is 0 Å². The van der Waals surface area contributed by atoms with Crippen LogP contribution < -0.4 is 10.2 Å². The van der Waals surface area contributed by atoms with Crippen molar-refractivity contribution in [2.75, 3.05) is 42.9 Å². The molecule has 2 aliphatic heterocycles. The zero-order valence-electron chi connectivity index (χ0n) is 20.0. The van der Waals surface area contributed by atoms with Crippen LogP contribution in [0.5, 0.6) is 0 Å². The smallest absolute Gasteiger partial charge is 0.415 e. The fraction of sp³-hybridized carbons (Fsp3) is 0.440. The molecule has 1 aromatic carbocycles. The summed E-state index contributed by atoms with van der Waals surface area (Å²) in [6, 6.07) is 8.80. The summed E-state index contributed by atoms with van der Waals surface area (Å²) in [6.07, 6.45) is 2.71. The van der Waals surface area contributed by atoms with Crippen LogP contribution in [0.15, 0.2) is 43.1 Å². The maximum atomic E-state index is 12.0. The Hall–Kier alpha value is -3.46. The number of rotatable bonds is 7. The molecule has 1 saturated heterocycles. The van der Waals surface area contributed by atoms with E-state index in [1.165, 1.54) is 16.5 Å². The van der Waals surface area contributed by atoms with Gasteiger partial charge in [0.1, 0.15) is 12.4 Å². The molecule has 0 spiro atoms. The first-order valence-electron chi connectivity index (χ1n) is 11.7. The number of benzene rings is 1. The highest BCUT2D eigenvalue weighted by Crippen LogP contribution is 2.27. The van der Waals surface area contributed by atoms with Crippen LogP contribution in [0.4, 0.5) is 16.6 Å². The van der Waals surface area contributed by atoms with E-state index in [9.17, 15) is 9.59 Å². The lowest BCUT2D eigenvalue weighted by Crippen LogP contribution is -2.48. The number of ether oxygens (including phenoxy) is 1. The molecule has 2 aromatic rings. The molecule has 0 bridgehead atoms. The monoisotopic (exact) mass is 464 g/mol. The summed E-state index contributed by atoms with van der Waals surface area (Å²) in [5.41, 5.74) is 3.15. The van der Waals surface area contributed by atoms with Crippen molar-refractivity contribution in [1.82, 2.24) is 19.8 Å². The summed E-state index contributed by atoms with van der Waals surface area (Å²) in [6.45, 7) is 13.5. The number of anilines is 2. The van der Waals surface area contributed by atoms with Crippen molar-refractivity contribution in [2.45, 2.75) is 39.5 Å². The van der Waals surface area contributed by atoms with E-state index in [0.29, 0.717) is 18.3 Å². The Labute approximate surface area is 200 Å². The third-order valence-electron chi connectivity index (χ3n) is 6.60.